The van der Waals surface area contributed by atoms with E-state index in [9.17, 15) is 31.9 Å². The van der Waals surface area contributed by atoms with Crippen LogP contribution < -0.4 is 10.6 Å². The molecule has 0 spiro atoms. The number of nitrogens with one attached hydrogen (secondary N) is 3. The molecule has 3 N–H and O–H groups in total. The minimum atomic E-state index is -4.84. The summed E-state index contributed by atoms with van der Waals surface area (Å²) in [5, 5.41) is 12.8. The molecule has 214 valence electrons. The highest BCUT2D eigenvalue weighted by molar-refractivity contribution is 7.14. The first-order chi connectivity index (χ1) is 19.5. The number of amides is 3. The van der Waals surface area contributed by atoms with Crippen molar-refractivity contribution in [3.05, 3.63) is 86.5 Å². The molecule has 41 heavy (non-hydrogen) atoms. The lowest BCUT2D eigenvalue weighted by Gasteiger charge is -2.30. The summed E-state index contributed by atoms with van der Waals surface area (Å²) < 4.78 is 53.3. The molecule has 0 aliphatic carbocycles. The molecule has 0 fully saturated rings. The first-order valence-electron chi connectivity index (χ1n) is 12.8. The normalized spacial score (nSPS) is 14.0. The summed E-state index contributed by atoms with van der Waals surface area (Å²) in [6.45, 7) is 2.04. The fourth-order valence-corrected chi connectivity index (χ4v) is 5.79. The third kappa shape index (κ3) is 5.94. The highest BCUT2D eigenvalue weighted by Crippen LogP contribution is 2.33. The van der Waals surface area contributed by atoms with Crippen molar-refractivity contribution in [3.8, 4) is 0 Å². The Morgan fingerprint density at radius 1 is 1.15 bits per heavy atom. The predicted molar refractivity (Wildman–Crippen MR) is 144 cm³/mol. The first kappa shape index (κ1) is 28.3. The Kier molecular flexibility index (Phi) is 7.80. The van der Waals surface area contributed by atoms with Crippen molar-refractivity contribution in [2.24, 2.45) is 0 Å². The lowest BCUT2D eigenvalue weighted by Crippen LogP contribution is -2.49. The quantitative estimate of drug-likeness (QED) is 0.270. The van der Waals surface area contributed by atoms with Gasteiger partial charge in [0.25, 0.3) is 11.8 Å². The molecule has 0 bridgehead atoms. The topological polar surface area (TPSA) is 107 Å². The highest BCUT2D eigenvalue weighted by Gasteiger charge is 2.35. The van der Waals surface area contributed by atoms with Gasteiger partial charge in [0.05, 0.1) is 22.2 Å². The second-order valence-corrected chi connectivity index (χ2v) is 10.8. The van der Waals surface area contributed by atoms with Crippen LogP contribution in [0.3, 0.4) is 0 Å². The summed E-state index contributed by atoms with van der Waals surface area (Å²) in [7, 11) is 0. The monoisotopic (exact) mass is 587 g/mol. The number of aromatic nitrogens is 2. The number of aromatic amines is 1. The summed E-state index contributed by atoms with van der Waals surface area (Å²) in [6.07, 6.45) is -2.35. The second kappa shape index (κ2) is 11.3. The minimum Gasteiger partial charge on any atom is -0.347 e. The molecule has 3 heterocycles. The van der Waals surface area contributed by atoms with Crippen molar-refractivity contribution in [2.45, 2.75) is 45.1 Å². The van der Waals surface area contributed by atoms with Crippen molar-refractivity contribution < 1.29 is 31.9 Å². The van der Waals surface area contributed by atoms with E-state index in [1.807, 2.05) is 0 Å². The van der Waals surface area contributed by atoms with Gasteiger partial charge < -0.3 is 15.5 Å². The van der Waals surface area contributed by atoms with Crippen molar-refractivity contribution in [1.82, 2.24) is 25.7 Å². The van der Waals surface area contributed by atoms with E-state index in [-0.39, 0.29) is 23.9 Å². The first-order valence-corrected chi connectivity index (χ1v) is 13.6. The van der Waals surface area contributed by atoms with Gasteiger partial charge in [0.1, 0.15) is 11.9 Å². The van der Waals surface area contributed by atoms with Gasteiger partial charge in [0.15, 0.2) is 0 Å². The van der Waals surface area contributed by atoms with Gasteiger partial charge in [-0.25, -0.2) is 4.39 Å². The number of hydrogen-bond donors (Lipinski definition) is 3. The van der Waals surface area contributed by atoms with Crippen LogP contribution >= 0.6 is 11.3 Å². The Morgan fingerprint density at radius 3 is 2.71 bits per heavy atom. The van der Waals surface area contributed by atoms with E-state index in [1.165, 1.54) is 17.4 Å². The summed E-state index contributed by atoms with van der Waals surface area (Å²) in [4.78, 5) is 41.8. The number of alkyl halides is 3. The predicted octanol–water partition coefficient (Wildman–Crippen LogP) is 4.81. The molecule has 2 aromatic heterocycles. The van der Waals surface area contributed by atoms with Crippen LogP contribution in [0.2, 0.25) is 0 Å². The molecular formula is C28H25F4N5O3S. The van der Waals surface area contributed by atoms with E-state index in [1.54, 1.807) is 42.3 Å². The van der Waals surface area contributed by atoms with Crippen LogP contribution in [0.4, 0.5) is 17.6 Å². The third-order valence-electron chi connectivity index (χ3n) is 6.94. The summed E-state index contributed by atoms with van der Waals surface area (Å²) in [5.74, 6) is -2.59. The van der Waals surface area contributed by atoms with Crippen LogP contribution in [0.5, 0.6) is 0 Å². The van der Waals surface area contributed by atoms with Gasteiger partial charge in [-0.15, -0.1) is 11.3 Å². The van der Waals surface area contributed by atoms with Crippen LogP contribution in [0.25, 0.3) is 10.9 Å². The SMILES string of the molecule is CC[C@@H](NC(=O)c1ccc2[nH]ncc2c1)C(=O)N1CCc2sc(C(=O)NCc3cccc(C(F)(F)F)c3F)cc2C1. The fourth-order valence-electron chi connectivity index (χ4n) is 4.72. The molecule has 0 radical (unpaired) electrons. The Balaban J connectivity index is 1.21. The average molecular weight is 588 g/mol. The van der Waals surface area contributed by atoms with Crippen LogP contribution in [-0.4, -0.2) is 45.4 Å². The van der Waals surface area contributed by atoms with Gasteiger partial charge in [-0.2, -0.15) is 18.3 Å². The summed E-state index contributed by atoms with van der Waals surface area (Å²) in [6, 6.07) is 8.91. The van der Waals surface area contributed by atoms with Crippen molar-refractivity contribution in [1.29, 1.82) is 0 Å². The van der Waals surface area contributed by atoms with Gasteiger partial charge in [-0.3, -0.25) is 19.5 Å². The molecule has 0 unspecified atom stereocenters. The average Bonchev–Trinajstić information content (AvgIpc) is 3.60. The lowest BCUT2D eigenvalue weighted by atomic mass is 10.1. The fraction of sp³-hybridized carbons (Fsp3) is 0.286. The van der Waals surface area contributed by atoms with Gasteiger partial charge in [0, 0.05) is 41.0 Å². The zero-order valence-electron chi connectivity index (χ0n) is 21.8. The number of hydrogen-bond acceptors (Lipinski definition) is 5. The molecule has 8 nitrogen and oxygen atoms in total. The van der Waals surface area contributed by atoms with Crippen LogP contribution in [0.15, 0.2) is 48.7 Å². The van der Waals surface area contributed by atoms with Crippen molar-refractivity contribution in [3.63, 3.8) is 0 Å². The third-order valence-corrected chi connectivity index (χ3v) is 8.18. The molecule has 5 rings (SSSR count). The highest BCUT2D eigenvalue weighted by atomic mass is 32.1. The zero-order valence-corrected chi connectivity index (χ0v) is 22.6. The number of fused-ring (bicyclic) bond motifs is 2. The van der Waals surface area contributed by atoms with Crippen molar-refractivity contribution >= 4 is 40.0 Å². The molecule has 1 aliphatic rings. The lowest BCUT2D eigenvalue weighted by molar-refractivity contribution is -0.140. The Bertz CT molecular complexity index is 1630. The van der Waals surface area contributed by atoms with Gasteiger partial charge in [-0.05, 0) is 48.7 Å². The Labute approximate surface area is 235 Å². The number of H-pyrrole nitrogens is 1. The maximum atomic E-state index is 14.3. The number of halogens is 4. The number of carbonyl (C=O) groups is 3. The number of rotatable bonds is 7. The van der Waals surface area contributed by atoms with Crippen LogP contribution in [0.1, 0.15) is 54.9 Å². The molecule has 4 aromatic rings. The molecule has 2 aromatic carbocycles. The molecule has 0 saturated carbocycles. The van der Waals surface area contributed by atoms with E-state index >= 15 is 0 Å². The molecule has 3 amide bonds. The molecular weight excluding hydrogens is 562 g/mol. The molecule has 1 aliphatic heterocycles. The molecule has 13 heteroatoms. The number of nitrogens with zero attached hydrogens (tertiary/aromatic N) is 2. The summed E-state index contributed by atoms with van der Waals surface area (Å²) in [5.41, 5.74) is 0.311. The van der Waals surface area contributed by atoms with Crippen LogP contribution in [-0.2, 0) is 30.5 Å². The Morgan fingerprint density at radius 2 is 1.95 bits per heavy atom. The standard InChI is InChI=1S/C28H25F4N5O3S/c1-2-20(35-25(38)15-6-7-21-17(10-15)13-34-36-21)27(40)37-9-8-22-18(14-37)11-23(41-22)26(39)33-12-16-4-3-5-19(24(16)29)28(30,31)32/h3-7,10-11,13,20H,2,8-9,12,14H2,1H3,(H,33,39)(H,34,36)(H,35,38)/t20-/m1/s1. The van der Waals surface area contributed by atoms with E-state index in [4.69, 9.17) is 0 Å². The smallest absolute Gasteiger partial charge is 0.347 e. The van der Waals surface area contributed by atoms with E-state index in [0.29, 0.717) is 35.9 Å². The van der Waals surface area contributed by atoms with Gasteiger partial charge in [0.2, 0.25) is 5.91 Å². The maximum Gasteiger partial charge on any atom is 0.419 e. The van der Waals surface area contributed by atoms with E-state index < -0.39 is 36.1 Å². The largest absolute Gasteiger partial charge is 0.419 e. The molecule has 0 saturated heterocycles. The number of carbonyl (C=O) groups excluding carboxylic acids is 3. The van der Waals surface area contributed by atoms with Gasteiger partial charge in [-0.1, -0.05) is 19.1 Å². The maximum absolute atomic E-state index is 14.3. The number of benzene rings is 2. The van der Waals surface area contributed by atoms with E-state index in [0.717, 1.165) is 27.4 Å². The second-order valence-electron chi connectivity index (χ2n) is 9.63. The number of thiophene rings is 1. The van der Waals surface area contributed by atoms with Gasteiger partial charge >= 0.3 is 6.18 Å². The minimum absolute atomic E-state index is 0.242. The Hall–Kier alpha value is -4.26. The molecule has 1 atom stereocenters. The van der Waals surface area contributed by atoms with Crippen LogP contribution in [0, 0.1) is 5.82 Å². The van der Waals surface area contributed by atoms with E-state index in [2.05, 4.69) is 20.8 Å². The summed E-state index contributed by atoms with van der Waals surface area (Å²) >= 11 is 1.23. The van der Waals surface area contributed by atoms with Crippen molar-refractivity contribution in [2.75, 3.05) is 6.54 Å². The zero-order chi connectivity index (χ0) is 29.3.